The zero-order valence-corrected chi connectivity index (χ0v) is 15.3. The molecule has 0 aliphatic carbocycles. The fourth-order valence-electron chi connectivity index (χ4n) is 2.91. The van der Waals surface area contributed by atoms with Crippen molar-refractivity contribution in [1.82, 2.24) is 4.98 Å². The van der Waals surface area contributed by atoms with Crippen LogP contribution in [0.4, 0.5) is 24.7 Å². The molecule has 7 nitrogen and oxygen atoms in total. The van der Waals surface area contributed by atoms with Crippen molar-refractivity contribution in [3.05, 3.63) is 47.7 Å². The van der Waals surface area contributed by atoms with Gasteiger partial charge in [0.05, 0.1) is 16.0 Å². The number of hydrogen-bond donors (Lipinski definition) is 2. The first-order chi connectivity index (χ1) is 13.1. The molecule has 2 aromatic rings. The summed E-state index contributed by atoms with van der Waals surface area (Å²) in [6.45, 7) is 1.17. The largest absolute Gasteiger partial charge is 0.417 e. The van der Waals surface area contributed by atoms with Crippen molar-refractivity contribution in [3.8, 4) is 0 Å². The average Bonchev–Trinajstić information content (AvgIpc) is 3.14. The third-order valence-electron chi connectivity index (χ3n) is 4.26. The Balaban J connectivity index is 1.97. The SMILES string of the molecule is NS(=O)(=O)c1cccc(NC(=O)c2cc(C(F)(F)F)cnc2N2CCCC2)c1. The van der Waals surface area contributed by atoms with E-state index in [2.05, 4.69) is 10.3 Å². The van der Waals surface area contributed by atoms with Crippen molar-refractivity contribution in [2.24, 2.45) is 5.14 Å². The molecule has 1 aromatic heterocycles. The Morgan fingerprint density at radius 1 is 1.18 bits per heavy atom. The lowest BCUT2D eigenvalue weighted by Gasteiger charge is -2.21. The van der Waals surface area contributed by atoms with Gasteiger partial charge in [-0.25, -0.2) is 18.5 Å². The number of carbonyl (C=O) groups excluding carboxylic acids is 1. The Kier molecular flexibility index (Phi) is 5.31. The highest BCUT2D eigenvalue weighted by molar-refractivity contribution is 7.89. The number of nitrogens with one attached hydrogen (secondary N) is 1. The number of sulfonamides is 1. The van der Waals surface area contributed by atoms with Gasteiger partial charge in [-0.3, -0.25) is 4.79 Å². The molecule has 3 rings (SSSR count). The van der Waals surface area contributed by atoms with E-state index < -0.39 is 27.7 Å². The lowest BCUT2D eigenvalue weighted by molar-refractivity contribution is -0.137. The maximum absolute atomic E-state index is 13.1. The van der Waals surface area contributed by atoms with Crippen LogP contribution in [0.15, 0.2) is 41.4 Å². The van der Waals surface area contributed by atoms with Gasteiger partial charge >= 0.3 is 6.18 Å². The number of pyridine rings is 1. The van der Waals surface area contributed by atoms with Crippen LogP contribution >= 0.6 is 0 Å². The summed E-state index contributed by atoms with van der Waals surface area (Å²) in [6.07, 6.45) is -2.26. The zero-order valence-electron chi connectivity index (χ0n) is 14.5. The average molecular weight is 414 g/mol. The van der Waals surface area contributed by atoms with Crippen molar-refractivity contribution < 1.29 is 26.4 Å². The van der Waals surface area contributed by atoms with Crippen LogP contribution in [-0.4, -0.2) is 32.4 Å². The van der Waals surface area contributed by atoms with Gasteiger partial charge in [-0.2, -0.15) is 13.2 Å². The van der Waals surface area contributed by atoms with Crippen molar-refractivity contribution in [3.63, 3.8) is 0 Å². The second-order valence-corrected chi connectivity index (χ2v) is 7.88. The maximum atomic E-state index is 13.1. The summed E-state index contributed by atoms with van der Waals surface area (Å²) in [7, 11) is -3.99. The number of anilines is 2. The summed E-state index contributed by atoms with van der Waals surface area (Å²) in [5.41, 5.74) is -1.20. The molecule has 0 spiro atoms. The molecule has 0 atom stereocenters. The van der Waals surface area contributed by atoms with E-state index in [1.54, 1.807) is 4.90 Å². The lowest BCUT2D eigenvalue weighted by atomic mass is 10.1. The Bertz CT molecular complexity index is 1000. The van der Waals surface area contributed by atoms with Crippen LogP contribution in [0.5, 0.6) is 0 Å². The molecule has 1 amide bonds. The number of aromatic nitrogens is 1. The number of primary sulfonamides is 1. The molecule has 0 bridgehead atoms. The first-order valence-corrected chi connectivity index (χ1v) is 9.87. The predicted octanol–water partition coefficient (Wildman–Crippen LogP) is 2.60. The Morgan fingerprint density at radius 3 is 2.46 bits per heavy atom. The Labute approximate surface area is 159 Å². The van der Waals surface area contributed by atoms with Crippen LogP contribution in [0.3, 0.4) is 0 Å². The number of amides is 1. The first-order valence-electron chi connectivity index (χ1n) is 8.32. The highest BCUT2D eigenvalue weighted by Gasteiger charge is 2.33. The quantitative estimate of drug-likeness (QED) is 0.800. The molecular formula is C17H17F3N4O3S. The normalized spacial score (nSPS) is 14.9. The van der Waals surface area contributed by atoms with Crippen molar-refractivity contribution in [2.45, 2.75) is 23.9 Å². The Hall–Kier alpha value is -2.66. The minimum atomic E-state index is -4.65. The molecule has 0 saturated carbocycles. The summed E-state index contributed by atoms with van der Waals surface area (Å²) in [4.78, 5) is 18.1. The van der Waals surface area contributed by atoms with Crippen LogP contribution in [0, 0.1) is 0 Å². The van der Waals surface area contributed by atoms with Crippen LogP contribution < -0.4 is 15.4 Å². The minimum Gasteiger partial charge on any atom is -0.356 e. The molecule has 28 heavy (non-hydrogen) atoms. The molecule has 2 heterocycles. The van der Waals surface area contributed by atoms with E-state index in [4.69, 9.17) is 5.14 Å². The van der Waals surface area contributed by atoms with Gasteiger partial charge in [-0.05, 0) is 37.1 Å². The number of carbonyl (C=O) groups is 1. The molecule has 150 valence electrons. The molecule has 3 N–H and O–H groups in total. The summed E-state index contributed by atoms with van der Waals surface area (Å²) in [5.74, 6) is -0.669. The molecule has 1 aliphatic rings. The fourth-order valence-corrected chi connectivity index (χ4v) is 3.47. The maximum Gasteiger partial charge on any atom is 0.417 e. The van der Waals surface area contributed by atoms with Gasteiger partial charge in [-0.1, -0.05) is 6.07 Å². The predicted molar refractivity (Wildman–Crippen MR) is 96.5 cm³/mol. The van der Waals surface area contributed by atoms with Crippen molar-refractivity contribution in [1.29, 1.82) is 0 Å². The number of halogens is 3. The highest BCUT2D eigenvalue weighted by Crippen LogP contribution is 2.32. The Morgan fingerprint density at radius 2 is 1.86 bits per heavy atom. The van der Waals surface area contributed by atoms with E-state index in [0.717, 1.165) is 25.0 Å². The van der Waals surface area contributed by atoms with Crippen LogP contribution in [0.25, 0.3) is 0 Å². The lowest BCUT2D eigenvalue weighted by Crippen LogP contribution is -2.25. The van der Waals surface area contributed by atoms with Crippen LogP contribution in [0.2, 0.25) is 0 Å². The number of benzene rings is 1. The molecule has 1 aliphatic heterocycles. The van der Waals surface area contributed by atoms with Crippen LogP contribution in [-0.2, 0) is 16.2 Å². The van der Waals surface area contributed by atoms with E-state index in [1.165, 1.54) is 18.2 Å². The second-order valence-electron chi connectivity index (χ2n) is 6.31. The summed E-state index contributed by atoms with van der Waals surface area (Å²) in [5, 5.41) is 7.48. The van der Waals surface area contributed by atoms with Gasteiger partial charge in [0, 0.05) is 25.0 Å². The second kappa shape index (κ2) is 7.40. The van der Waals surface area contributed by atoms with Crippen molar-refractivity contribution in [2.75, 3.05) is 23.3 Å². The topological polar surface area (TPSA) is 105 Å². The summed E-state index contributed by atoms with van der Waals surface area (Å²) >= 11 is 0. The minimum absolute atomic E-state index is 0.0845. The molecule has 1 saturated heterocycles. The molecule has 0 radical (unpaired) electrons. The van der Waals surface area contributed by atoms with E-state index in [9.17, 15) is 26.4 Å². The van der Waals surface area contributed by atoms with Gasteiger partial charge in [-0.15, -0.1) is 0 Å². The van der Waals surface area contributed by atoms with Gasteiger partial charge in [0.2, 0.25) is 10.0 Å². The fraction of sp³-hybridized carbons (Fsp3) is 0.294. The first kappa shape index (κ1) is 20.1. The highest BCUT2D eigenvalue weighted by atomic mass is 32.2. The number of rotatable bonds is 4. The monoisotopic (exact) mass is 414 g/mol. The molecule has 0 unspecified atom stereocenters. The number of nitrogens with zero attached hydrogens (tertiary/aromatic N) is 2. The van der Waals surface area contributed by atoms with Crippen LogP contribution in [0.1, 0.15) is 28.8 Å². The zero-order chi connectivity index (χ0) is 20.5. The third kappa shape index (κ3) is 4.42. The van der Waals surface area contributed by atoms with E-state index in [1.807, 2.05) is 0 Å². The van der Waals surface area contributed by atoms with E-state index in [0.29, 0.717) is 19.3 Å². The molecule has 11 heteroatoms. The molecule has 1 aromatic carbocycles. The summed E-state index contributed by atoms with van der Waals surface area (Å²) < 4.78 is 62.2. The van der Waals surface area contributed by atoms with Gasteiger partial charge in [0.15, 0.2) is 0 Å². The van der Waals surface area contributed by atoms with Gasteiger partial charge in [0.25, 0.3) is 5.91 Å². The van der Waals surface area contributed by atoms with Gasteiger partial charge < -0.3 is 10.2 Å². The van der Waals surface area contributed by atoms with E-state index in [-0.39, 0.29) is 22.0 Å². The number of alkyl halides is 3. The standard InChI is InChI=1S/C17H17F3N4O3S/c18-17(19,20)11-8-14(15(22-10-11)24-6-1-2-7-24)16(25)23-12-4-3-5-13(9-12)28(21,26)27/h3-5,8-10H,1-2,6-7H2,(H,23,25)(H2,21,26,27). The third-order valence-corrected chi connectivity index (χ3v) is 5.18. The van der Waals surface area contributed by atoms with Gasteiger partial charge in [0.1, 0.15) is 5.82 Å². The summed E-state index contributed by atoms with van der Waals surface area (Å²) in [6, 6.07) is 5.89. The van der Waals surface area contributed by atoms with Crippen molar-refractivity contribution >= 4 is 27.4 Å². The number of hydrogen-bond acceptors (Lipinski definition) is 5. The number of nitrogens with two attached hydrogens (primary N) is 1. The molecule has 1 fully saturated rings. The smallest absolute Gasteiger partial charge is 0.356 e. The van der Waals surface area contributed by atoms with E-state index >= 15 is 0 Å². The molecular weight excluding hydrogens is 397 g/mol.